The maximum absolute atomic E-state index is 12.1. The second-order valence-electron chi connectivity index (χ2n) is 5.64. The molecule has 124 valence electrons. The molecule has 3 rings (SSSR count). The van der Waals surface area contributed by atoms with Crippen LogP contribution in [0.3, 0.4) is 0 Å². The maximum atomic E-state index is 12.1. The molecule has 0 saturated carbocycles. The number of methoxy groups -OCH3 is 1. The molecule has 5 nitrogen and oxygen atoms in total. The third-order valence-corrected chi connectivity index (χ3v) is 4.05. The summed E-state index contributed by atoms with van der Waals surface area (Å²) in [6, 6.07) is 13.7. The van der Waals surface area contributed by atoms with E-state index in [1.165, 1.54) is 5.56 Å². The largest absolute Gasteiger partial charge is 0.497 e. The first kappa shape index (κ1) is 16.1. The van der Waals surface area contributed by atoms with E-state index in [2.05, 4.69) is 17.3 Å². The highest BCUT2D eigenvalue weighted by atomic mass is 16.5. The summed E-state index contributed by atoms with van der Waals surface area (Å²) >= 11 is 0. The predicted octanol–water partition coefficient (Wildman–Crippen LogP) is 3.64. The average molecular weight is 323 g/mol. The Balaban J connectivity index is 1.61. The van der Waals surface area contributed by atoms with Gasteiger partial charge in [-0.1, -0.05) is 19.1 Å². The minimum atomic E-state index is -0.0172. The van der Waals surface area contributed by atoms with Gasteiger partial charge < -0.3 is 10.1 Å². The number of hydrogen-bond acceptors (Lipinski definition) is 3. The van der Waals surface area contributed by atoms with Gasteiger partial charge in [0.25, 0.3) is 0 Å². The molecule has 0 bridgehead atoms. The molecule has 5 heteroatoms. The van der Waals surface area contributed by atoms with E-state index >= 15 is 0 Å². The van der Waals surface area contributed by atoms with Crippen LogP contribution < -0.4 is 10.1 Å². The van der Waals surface area contributed by atoms with E-state index in [4.69, 9.17) is 4.74 Å². The molecule has 0 saturated heterocycles. The van der Waals surface area contributed by atoms with Crippen molar-refractivity contribution in [2.45, 2.75) is 26.3 Å². The number of fused-ring (bicyclic) bond motifs is 1. The van der Waals surface area contributed by atoms with Crippen molar-refractivity contribution in [3.05, 3.63) is 54.2 Å². The number of anilines is 1. The zero-order chi connectivity index (χ0) is 16.9. The summed E-state index contributed by atoms with van der Waals surface area (Å²) in [4.78, 5) is 12.1. The molecule has 0 spiro atoms. The molecule has 3 aromatic rings. The number of carbonyl (C=O) groups is 1. The SMILES string of the molecule is CCc1ccc(NC(=O)CCn2ncc3cc(OC)ccc32)cc1. The number of rotatable bonds is 6. The lowest BCUT2D eigenvalue weighted by molar-refractivity contribution is -0.116. The van der Waals surface area contributed by atoms with Crippen molar-refractivity contribution in [3.63, 3.8) is 0 Å². The highest BCUT2D eigenvalue weighted by Gasteiger charge is 2.07. The molecule has 0 radical (unpaired) electrons. The molecule has 0 aliphatic carbocycles. The maximum Gasteiger partial charge on any atom is 0.226 e. The van der Waals surface area contributed by atoms with Crippen molar-refractivity contribution in [1.82, 2.24) is 9.78 Å². The first-order valence-corrected chi connectivity index (χ1v) is 8.08. The summed E-state index contributed by atoms with van der Waals surface area (Å²) in [6.07, 6.45) is 3.16. The number of nitrogens with zero attached hydrogens (tertiary/aromatic N) is 2. The van der Waals surface area contributed by atoms with Gasteiger partial charge in [0.2, 0.25) is 5.91 Å². The molecule has 1 N–H and O–H groups in total. The summed E-state index contributed by atoms with van der Waals surface area (Å²) in [5.41, 5.74) is 3.08. The number of aryl methyl sites for hydroxylation is 2. The Morgan fingerprint density at radius 3 is 2.71 bits per heavy atom. The highest BCUT2D eigenvalue weighted by molar-refractivity contribution is 5.90. The van der Waals surface area contributed by atoms with Crippen LogP contribution in [0.4, 0.5) is 5.69 Å². The predicted molar refractivity (Wildman–Crippen MR) is 95.4 cm³/mol. The number of hydrogen-bond donors (Lipinski definition) is 1. The molecule has 2 aromatic carbocycles. The molecule has 24 heavy (non-hydrogen) atoms. The smallest absolute Gasteiger partial charge is 0.226 e. The topological polar surface area (TPSA) is 56.2 Å². The van der Waals surface area contributed by atoms with Crippen LogP contribution >= 0.6 is 0 Å². The van der Waals surface area contributed by atoms with Gasteiger partial charge in [-0.15, -0.1) is 0 Å². The molecule has 0 unspecified atom stereocenters. The first-order chi connectivity index (χ1) is 11.7. The van der Waals surface area contributed by atoms with Crippen molar-refractivity contribution in [3.8, 4) is 5.75 Å². The summed E-state index contributed by atoms with van der Waals surface area (Å²) in [6.45, 7) is 2.65. The summed E-state index contributed by atoms with van der Waals surface area (Å²) in [5.74, 6) is 0.784. The number of benzene rings is 2. The van der Waals surface area contributed by atoms with E-state index < -0.39 is 0 Å². The number of amides is 1. The van der Waals surface area contributed by atoms with E-state index in [0.717, 1.165) is 28.8 Å². The molecular formula is C19H21N3O2. The van der Waals surface area contributed by atoms with Crippen molar-refractivity contribution < 1.29 is 9.53 Å². The Labute approximate surface area is 141 Å². The van der Waals surface area contributed by atoms with Crippen LogP contribution in [0, 0.1) is 0 Å². The normalized spacial score (nSPS) is 10.8. The fourth-order valence-electron chi connectivity index (χ4n) is 2.63. The van der Waals surface area contributed by atoms with Gasteiger partial charge in [-0.05, 0) is 42.3 Å². The lowest BCUT2D eigenvalue weighted by atomic mass is 10.1. The van der Waals surface area contributed by atoms with Crippen LogP contribution in [-0.2, 0) is 17.8 Å². The number of aromatic nitrogens is 2. The minimum Gasteiger partial charge on any atom is -0.497 e. The van der Waals surface area contributed by atoms with Crippen LogP contribution in [0.25, 0.3) is 10.9 Å². The molecule has 0 aliphatic heterocycles. The second-order valence-corrected chi connectivity index (χ2v) is 5.64. The third-order valence-electron chi connectivity index (χ3n) is 4.05. The van der Waals surface area contributed by atoms with Crippen LogP contribution in [0.5, 0.6) is 5.75 Å². The van der Waals surface area contributed by atoms with Crippen LogP contribution in [0.1, 0.15) is 18.9 Å². The van der Waals surface area contributed by atoms with Gasteiger partial charge in [0.05, 0.1) is 25.4 Å². The molecular weight excluding hydrogens is 302 g/mol. The van der Waals surface area contributed by atoms with Gasteiger partial charge in [-0.3, -0.25) is 9.48 Å². The van der Waals surface area contributed by atoms with Crippen molar-refractivity contribution in [2.24, 2.45) is 0 Å². The Bertz CT molecular complexity index is 837. The molecule has 0 fully saturated rings. The lowest BCUT2D eigenvalue weighted by Crippen LogP contribution is -2.15. The fourth-order valence-corrected chi connectivity index (χ4v) is 2.63. The highest BCUT2D eigenvalue weighted by Crippen LogP contribution is 2.20. The van der Waals surface area contributed by atoms with E-state index in [1.807, 2.05) is 47.1 Å². The van der Waals surface area contributed by atoms with E-state index in [1.54, 1.807) is 13.3 Å². The van der Waals surface area contributed by atoms with Gasteiger partial charge in [0, 0.05) is 17.5 Å². The standard InChI is InChI=1S/C19H21N3O2/c1-3-14-4-6-16(7-5-14)21-19(23)10-11-22-18-9-8-17(24-2)12-15(18)13-20-22/h4-9,12-13H,3,10-11H2,1-2H3,(H,21,23). The van der Waals surface area contributed by atoms with E-state index in [9.17, 15) is 4.79 Å². The van der Waals surface area contributed by atoms with E-state index in [0.29, 0.717) is 13.0 Å². The second kappa shape index (κ2) is 7.17. The van der Waals surface area contributed by atoms with Gasteiger partial charge in [0.1, 0.15) is 5.75 Å². The summed E-state index contributed by atoms with van der Waals surface area (Å²) in [7, 11) is 1.64. The van der Waals surface area contributed by atoms with Crippen molar-refractivity contribution in [2.75, 3.05) is 12.4 Å². The molecule has 1 amide bonds. The molecule has 0 atom stereocenters. The lowest BCUT2D eigenvalue weighted by Gasteiger charge is -2.07. The first-order valence-electron chi connectivity index (χ1n) is 8.08. The summed E-state index contributed by atoms with van der Waals surface area (Å²) < 4.78 is 7.05. The van der Waals surface area contributed by atoms with Crippen molar-refractivity contribution >= 4 is 22.5 Å². The van der Waals surface area contributed by atoms with Gasteiger partial charge in [-0.2, -0.15) is 5.10 Å². The monoisotopic (exact) mass is 323 g/mol. The number of nitrogens with one attached hydrogen (secondary N) is 1. The van der Waals surface area contributed by atoms with Crippen LogP contribution in [0.2, 0.25) is 0 Å². The van der Waals surface area contributed by atoms with E-state index in [-0.39, 0.29) is 5.91 Å². The van der Waals surface area contributed by atoms with Crippen molar-refractivity contribution in [1.29, 1.82) is 0 Å². The Kier molecular flexibility index (Phi) is 4.79. The summed E-state index contributed by atoms with van der Waals surface area (Å²) in [5, 5.41) is 8.28. The zero-order valence-corrected chi connectivity index (χ0v) is 14.0. The number of ether oxygens (including phenoxy) is 1. The minimum absolute atomic E-state index is 0.0172. The van der Waals surface area contributed by atoms with Crippen LogP contribution in [0.15, 0.2) is 48.7 Å². The van der Waals surface area contributed by atoms with Gasteiger partial charge in [0.15, 0.2) is 0 Å². The zero-order valence-electron chi connectivity index (χ0n) is 14.0. The number of carbonyl (C=O) groups excluding carboxylic acids is 1. The Morgan fingerprint density at radius 2 is 2.00 bits per heavy atom. The van der Waals surface area contributed by atoms with Crippen LogP contribution in [-0.4, -0.2) is 22.8 Å². The average Bonchev–Trinajstić information content (AvgIpc) is 3.02. The Hall–Kier alpha value is -2.82. The fraction of sp³-hybridized carbons (Fsp3) is 0.263. The third kappa shape index (κ3) is 3.56. The molecule has 0 aliphatic rings. The van der Waals surface area contributed by atoms with Gasteiger partial charge in [-0.25, -0.2) is 0 Å². The van der Waals surface area contributed by atoms with Gasteiger partial charge >= 0.3 is 0 Å². The Morgan fingerprint density at radius 1 is 1.21 bits per heavy atom. The quantitative estimate of drug-likeness (QED) is 0.753. The molecule has 1 heterocycles. The molecule has 1 aromatic heterocycles.